The van der Waals surface area contributed by atoms with E-state index in [4.69, 9.17) is 4.74 Å². The molecule has 3 atom stereocenters. The summed E-state index contributed by atoms with van der Waals surface area (Å²) in [6, 6.07) is 13.6. The van der Waals surface area contributed by atoms with Crippen molar-refractivity contribution in [2.75, 3.05) is 13.7 Å². The van der Waals surface area contributed by atoms with Gasteiger partial charge in [-0.25, -0.2) is 4.79 Å². The lowest BCUT2D eigenvalue weighted by atomic mass is 9.99. The number of ether oxygens (including phenoxy) is 1. The lowest BCUT2D eigenvalue weighted by molar-refractivity contribution is -0.128. The first-order chi connectivity index (χ1) is 16.0. The first kappa shape index (κ1) is 24.8. The van der Waals surface area contributed by atoms with Gasteiger partial charge < -0.3 is 14.7 Å². The van der Waals surface area contributed by atoms with Gasteiger partial charge in [0.05, 0.1) is 19.3 Å². The van der Waals surface area contributed by atoms with Crippen molar-refractivity contribution in [2.45, 2.75) is 51.2 Å². The van der Waals surface area contributed by atoms with Crippen LogP contribution in [0.3, 0.4) is 0 Å². The number of amides is 1. The molecule has 1 aliphatic rings. The first-order valence-electron chi connectivity index (χ1n) is 11.3. The van der Waals surface area contributed by atoms with Crippen LogP contribution in [0.2, 0.25) is 0 Å². The summed E-state index contributed by atoms with van der Waals surface area (Å²) in [4.78, 5) is 27.6. The van der Waals surface area contributed by atoms with Gasteiger partial charge in [0.2, 0.25) is 5.91 Å². The molecule has 33 heavy (non-hydrogen) atoms. The number of aliphatic hydroxyl groups excluding tert-OH is 1. The van der Waals surface area contributed by atoms with Gasteiger partial charge in [0, 0.05) is 29.8 Å². The van der Waals surface area contributed by atoms with Gasteiger partial charge in [0.1, 0.15) is 4.88 Å². The Balaban J connectivity index is 1.47. The fourth-order valence-corrected chi connectivity index (χ4v) is 4.75. The van der Waals surface area contributed by atoms with E-state index >= 15 is 0 Å². The maximum Gasteiger partial charge on any atom is 0.348 e. The van der Waals surface area contributed by atoms with Gasteiger partial charge in [0.25, 0.3) is 0 Å². The van der Waals surface area contributed by atoms with Crippen molar-refractivity contribution in [2.24, 2.45) is 5.92 Å². The predicted molar refractivity (Wildman–Crippen MR) is 131 cm³/mol. The average molecular weight is 466 g/mol. The number of hydrogen-bond donors (Lipinski definition) is 1. The minimum Gasteiger partial charge on any atom is -0.465 e. The Labute approximate surface area is 200 Å². The number of methoxy groups -OCH3 is 1. The molecule has 1 saturated heterocycles. The van der Waals surface area contributed by atoms with Crippen molar-refractivity contribution in [1.29, 1.82) is 0 Å². The van der Waals surface area contributed by atoms with Crippen LogP contribution in [-0.2, 0) is 16.0 Å². The predicted octanol–water partition coefficient (Wildman–Crippen LogP) is 4.45. The van der Waals surface area contributed by atoms with E-state index in [1.54, 1.807) is 6.07 Å². The summed E-state index contributed by atoms with van der Waals surface area (Å²) < 4.78 is 4.75. The number of nitrogens with zero attached hydrogens (tertiary/aromatic N) is 1. The maximum atomic E-state index is 12.4. The zero-order valence-corrected chi connectivity index (χ0v) is 20.0. The third-order valence-corrected chi connectivity index (χ3v) is 6.91. The van der Waals surface area contributed by atoms with Gasteiger partial charge in [0.15, 0.2) is 0 Å². The number of benzene rings is 1. The summed E-state index contributed by atoms with van der Waals surface area (Å²) in [7, 11) is 1.38. The number of likely N-dealkylation sites (tertiary alicyclic amines) is 1. The van der Waals surface area contributed by atoms with E-state index in [9.17, 15) is 14.7 Å². The lowest BCUT2D eigenvalue weighted by Gasteiger charge is -2.23. The number of rotatable bonds is 9. The molecule has 5 nitrogen and oxygen atoms in total. The number of carbonyl (C=O) groups is 2. The molecule has 0 radical (unpaired) electrons. The summed E-state index contributed by atoms with van der Waals surface area (Å²) in [5.74, 6) is 6.12. The second-order valence-electron chi connectivity index (χ2n) is 8.28. The summed E-state index contributed by atoms with van der Waals surface area (Å²) in [6.07, 6.45) is 6.72. The summed E-state index contributed by atoms with van der Waals surface area (Å²) in [6.45, 7) is 2.64. The van der Waals surface area contributed by atoms with Crippen LogP contribution in [0.1, 0.15) is 52.7 Å². The Morgan fingerprint density at radius 3 is 2.85 bits per heavy atom. The number of esters is 1. The van der Waals surface area contributed by atoms with E-state index in [1.165, 1.54) is 18.4 Å². The largest absolute Gasteiger partial charge is 0.465 e. The molecule has 0 saturated carbocycles. The summed E-state index contributed by atoms with van der Waals surface area (Å²) in [5, 5.41) is 10.5. The molecule has 1 aromatic carbocycles. The van der Waals surface area contributed by atoms with Gasteiger partial charge >= 0.3 is 5.97 Å². The molecule has 0 spiro atoms. The van der Waals surface area contributed by atoms with Crippen LogP contribution in [-0.4, -0.2) is 47.7 Å². The van der Waals surface area contributed by atoms with Crippen molar-refractivity contribution in [3.8, 4) is 11.8 Å². The highest BCUT2D eigenvalue weighted by Crippen LogP contribution is 2.23. The molecular weight excluding hydrogens is 434 g/mol. The van der Waals surface area contributed by atoms with Gasteiger partial charge in [-0.1, -0.05) is 49.1 Å². The Kier molecular flexibility index (Phi) is 9.29. The second kappa shape index (κ2) is 12.4. The molecule has 0 bridgehead atoms. The Morgan fingerprint density at radius 1 is 1.30 bits per heavy atom. The smallest absolute Gasteiger partial charge is 0.348 e. The monoisotopic (exact) mass is 465 g/mol. The molecular formula is C27H31NO4S. The van der Waals surface area contributed by atoms with E-state index in [0.717, 1.165) is 29.7 Å². The Bertz CT molecular complexity index is 1020. The van der Waals surface area contributed by atoms with Crippen LogP contribution < -0.4 is 0 Å². The van der Waals surface area contributed by atoms with Crippen molar-refractivity contribution < 1.29 is 19.4 Å². The molecule has 1 aliphatic heterocycles. The number of hydrogen-bond acceptors (Lipinski definition) is 5. The summed E-state index contributed by atoms with van der Waals surface area (Å²) in [5.41, 5.74) is 0.971. The molecule has 174 valence electrons. The molecule has 1 fully saturated rings. The second-order valence-corrected chi connectivity index (χ2v) is 9.45. The average Bonchev–Trinajstić information content (AvgIpc) is 3.44. The third kappa shape index (κ3) is 7.31. The van der Waals surface area contributed by atoms with Gasteiger partial charge in [-0.3, -0.25) is 4.79 Å². The first-order valence-corrected chi connectivity index (χ1v) is 12.2. The minimum absolute atomic E-state index is 0.00542. The molecule has 2 aromatic rings. The lowest BCUT2D eigenvalue weighted by Crippen LogP contribution is -2.33. The van der Waals surface area contributed by atoms with Crippen molar-refractivity contribution >= 4 is 23.2 Å². The van der Waals surface area contributed by atoms with E-state index < -0.39 is 6.10 Å². The fourth-order valence-electron chi connectivity index (χ4n) is 3.78. The van der Waals surface area contributed by atoms with Crippen molar-refractivity contribution in [3.05, 3.63) is 69.9 Å². The maximum absolute atomic E-state index is 12.4. The van der Waals surface area contributed by atoms with Crippen LogP contribution in [0.4, 0.5) is 0 Å². The molecule has 0 unspecified atom stereocenters. The highest BCUT2D eigenvalue weighted by Gasteiger charge is 2.28. The molecule has 6 heteroatoms. The number of aryl methyl sites for hydroxylation is 1. The van der Waals surface area contributed by atoms with Crippen LogP contribution in [0.15, 0.2) is 54.6 Å². The minimum atomic E-state index is -0.601. The number of aliphatic hydroxyl groups is 1. The fraction of sp³-hybridized carbons (Fsp3) is 0.407. The molecule has 3 rings (SSSR count). The topological polar surface area (TPSA) is 66.8 Å². The zero-order chi connectivity index (χ0) is 23.6. The molecule has 1 N–H and O–H groups in total. The van der Waals surface area contributed by atoms with Gasteiger partial charge in [-0.15, -0.1) is 11.3 Å². The van der Waals surface area contributed by atoms with Crippen molar-refractivity contribution in [3.63, 3.8) is 0 Å². The number of thiophene rings is 1. The van der Waals surface area contributed by atoms with E-state index in [1.807, 2.05) is 60.4 Å². The summed E-state index contributed by atoms with van der Waals surface area (Å²) >= 11 is 1.44. The Hall–Kier alpha value is -2.88. The molecule has 0 aliphatic carbocycles. The normalized spacial score (nSPS) is 17.6. The van der Waals surface area contributed by atoms with Gasteiger partial charge in [-0.2, -0.15) is 0 Å². The quantitative estimate of drug-likeness (QED) is 0.337. The van der Waals surface area contributed by atoms with Crippen LogP contribution in [0, 0.1) is 17.8 Å². The van der Waals surface area contributed by atoms with Gasteiger partial charge in [-0.05, 0) is 49.4 Å². The highest BCUT2D eigenvalue weighted by molar-refractivity contribution is 7.13. The SMILES string of the molecule is COC(=O)c1ccc(CCCN2C(=O)CC[C@@H]2C=C[C@@H](O)[C@@H](C)CC#Cc2ccccc2)s1. The standard InChI is InChI=1S/C27H31NO4S/c1-20(8-6-11-21-9-4-3-5-10-21)24(29)16-13-22-14-18-26(30)28(22)19-7-12-23-15-17-25(33-23)27(31)32-2/h3-5,9-10,13,15-17,20,22,24,29H,7-8,12,14,18-19H2,1-2H3/t20-,22-,24+/m0/s1. The van der Waals surface area contributed by atoms with E-state index in [2.05, 4.69) is 11.8 Å². The van der Waals surface area contributed by atoms with E-state index in [0.29, 0.717) is 24.3 Å². The molecule has 1 amide bonds. The Morgan fingerprint density at radius 2 is 2.09 bits per heavy atom. The third-order valence-electron chi connectivity index (χ3n) is 5.79. The van der Waals surface area contributed by atoms with E-state index in [-0.39, 0.29) is 23.8 Å². The molecule has 2 heterocycles. The zero-order valence-electron chi connectivity index (χ0n) is 19.2. The van der Waals surface area contributed by atoms with Crippen LogP contribution >= 0.6 is 11.3 Å². The highest BCUT2D eigenvalue weighted by atomic mass is 32.1. The number of carbonyl (C=O) groups excluding carboxylic acids is 2. The van der Waals surface area contributed by atoms with Crippen LogP contribution in [0.25, 0.3) is 0 Å². The van der Waals surface area contributed by atoms with Crippen molar-refractivity contribution in [1.82, 2.24) is 4.90 Å². The molecule has 1 aromatic heterocycles. The van der Waals surface area contributed by atoms with Crippen LogP contribution in [0.5, 0.6) is 0 Å².